The highest BCUT2D eigenvalue weighted by molar-refractivity contribution is 7.17. The van der Waals surface area contributed by atoms with Gasteiger partial charge in [0.05, 0.1) is 17.3 Å². The summed E-state index contributed by atoms with van der Waals surface area (Å²) in [5, 5.41) is 11.6. The second-order valence-corrected chi connectivity index (χ2v) is 8.33. The molecule has 31 heavy (non-hydrogen) atoms. The first-order valence-electron chi connectivity index (χ1n) is 10.1. The lowest BCUT2D eigenvalue weighted by molar-refractivity contribution is -0.117. The summed E-state index contributed by atoms with van der Waals surface area (Å²) in [6.45, 7) is 3.50. The van der Waals surface area contributed by atoms with E-state index in [1.807, 2.05) is 11.4 Å². The molecule has 1 aromatic carbocycles. The number of fused-ring (bicyclic) bond motifs is 1. The van der Waals surface area contributed by atoms with Gasteiger partial charge in [0.25, 0.3) is 0 Å². The van der Waals surface area contributed by atoms with Crippen molar-refractivity contribution in [3.63, 3.8) is 0 Å². The van der Waals surface area contributed by atoms with E-state index in [4.69, 9.17) is 4.74 Å². The van der Waals surface area contributed by atoms with E-state index in [1.54, 1.807) is 23.5 Å². The molecule has 9 heteroatoms. The number of ether oxygens (including phenoxy) is 1. The smallest absolute Gasteiger partial charge is 0.243 e. The van der Waals surface area contributed by atoms with E-state index in [1.165, 1.54) is 19.3 Å². The number of aromatic nitrogens is 2. The van der Waals surface area contributed by atoms with Crippen LogP contribution in [0, 0.1) is 5.82 Å². The molecule has 0 radical (unpaired) electrons. The number of benzene rings is 1. The molecule has 0 bridgehead atoms. The summed E-state index contributed by atoms with van der Waals surface area (Å²) >= 11 is 1.58. The van der Waals surface area contributed by atoms with Crippen molar-refractivity contribution in [2.24, 2.45) is 0 Å². The number of hydrogen-bond donors (Lipinski definition) is 3. The minimum Gasteiger partial charge on any atom is -0.494 e. The normalized spacial score (nSPS) is 18.4. The van der Waals surface area contributed by atoms with E-state index in [0.29, 0.717) is 11.6 Å². The van der Waals surface area contributed by atoms with E-state index in [0.717, 1.165) is 41.7 Å². The van der Waals surface area contributed by atoms with Crippen LogP contribution < -0.4 is 20.7 Å². The number of rotatable bonds is 7. The van der Waals surface area contributed by atoms with Crippen molar-refractivity contribution in [1.82, 2.24) is 15.3 Å². The van der Waals surface area contributed by atoms with Gasteiger partial charge in [0, 0.05) is 23.8 Å². The summed E-state index contributed by atoms with van der Waals surface area (Å²) in [5.74, 6) is 0.753. The molecule has 3 aromatic rings. The van der Waals surface area contributed by atoms with Crippen LogP contribution >= 0.6 is 11.3 Å². The van der Waals surface area contributed by atoms with Crippen molar-refractivity contribution in [3.8, 4) is 5.75 Å². The Hall–Kier alpha value is -3.20. The summed E-state index contributed by atoms with van der Waals surface area (Å²) in [6, 6.07) is 7.00. The number of nitrogens with one attached hydrogen (secondary N) is 3. The van der Waals surface area contributed by atoms with E-state index in [2.05, 4.69) is 32.5 Å². The number of nitrogens with zero attached hydrogens (tertiary/aromatic N) is 2. The summed E-state index contributed by atoms with van der Waals surface area (Å²) in [4.78, 5) is 20.7. The Morgan fingerprint density at radius 2 is 2.00 bits per heavy atom. The van der Waals surface area contributed by atoms with E-state index in [-0.39, 0.29) is 23.7 Å². The van der Waals surface area contributed by atoms with Crippen molar-refractivity contribution < 1.29 is 13.9 Å². The summed E-state index contributed by atoms with van der Waals surface area (Å²) < 4.78 is 20.0. The largest absolute Gasteiger partial charge is 0.494 e. The van der Waals surface area contributed by atoms with Gasteiger partial charge in [-0.05, 0) is 55.3 Å². The third-order valence-corrected chi connectivity index (χ3v) is 6.22. The van der Waals surface area contributed by atoms with Crippen LogP contribution in [0.15, 0.2) is 42.3 Å². The molecule has 1 amide bonds. The van der Waals surface area contributed by atoms with Gasteiger partial charge in [0.15, 0.2) is 11.6 Å². The Labute approximate surface area is 183 Å². The van der Waals surface area contributed by atoms with Gasteiger partial charge < -0.3 is 20.7 Å². The fraction of sp³-hybridized carbons (Fsp3) is 0.318. The second kappa shape index (κ2) is 9.30. The number of methoxy groups -OCH3 is 1. The van der Waals surface area contributed by atoms with Gasteiger partial charge in [-0.3, -0.25) is 4.79 Å². The number of carbonyl (C=O) groups is 1. The lowest BCUT2D eigenvalue weighted by Crippen LogP contribution is -2.39. The van der Waals surface area contributed by atoms with E-state index < -0.39 is 5.82 Å². The van der Waals surface area contributed by atoms with Crippen molar-refractivity contribution in [2.45, 2.75) is 37.8 Å². The number of thiophene rings is 1. The third kappa shape index (κ3) is 4.93. The molecule has 0 unspecified atom stereocenters. The SMILES string of the molecule is C=CC(=O)N[C@H]1CC[C@@H](Nc2nc(Nc3ccc(OC)c(F)c3)nc3ccsc23)CC1. The van der Waals surface area contributed by atoms with Crippen LogP contribution in [0.1, 0.15) is 25.7 Å². The lowest BCUT2D eigenvalue weighted by Gasteiger charge is -2.29. The van der Waals surface area contributed by atoms with Gasteiger partial charge in [-0.15, -0.1) is 11.3 Å². The Bertz CT molecular complexity index is 1090. The average Bonchev–Trinajstić information content (AvgIpc) is 3.24. The number of anilines is 3. The Morgan fingerprint density at radius 1 is 1.23 bits per heavy atom. The first-order valence-corrected chi connectivity index (χ1v) is 11.0. The first kappa shape index (κ1) is 21.0. The molecule has 7 nitrogen and oxygen atoms in total. The molecule has 1 saturated carbocycles. The molecule has 1 aliphatic carbocycles. The van der Waals surface area contributed by atoms with Gasteiger partial charge in [0.2, 0.25) is 11.9 Å². The number of halogens is 1. The zero-order valence-corrected chi connectivity index (χ0v) is 18.0. The third-order valence-electron chi connectivity index (χ3n) is 5.31. The summed E-state index contributed by atoms with van der Waals surface area (Å²) in [5.41, 5.74) is 1.36. The average molecular weight is 442 g/mol. The minimum atomic E-state index is -0.456. The first-order chi connectivity index (χ1) is 15.1. The van der Waals surface area contributed by atoms with Gasteiger partial charge in [-0.2, -0.15) is 4.98 Å². The molecule has 3 N–H and O–H groups in total. The minimum absolute atomic E-state index is 0.127. The highest BCUT2D eigenvalue weighted by Gasteiger charge is 2.23. The molecule has 2 aromatic heterocycles. The quantitative estimate of drug-likeness (QED) is 0.464. The van der Waals surface area contributed by atoms with Gasteiger partial charge in [0.1, 0.15) is 5.82 Å². The predicted molar refractivity (Wildman–Crippen MR) is 122 cm³/mol. The zero-order valence-electron chi connectivity index (χ0n) is 17.2. The standard InChI is InChI=1S/C22H24FN5O2S/c1-3-19(29)24-13-4-6-14(7-5-13)25-21-20-17(10-11-31-20)27-22(28-21)26-15-8-9-18(30-2)16(23)12-15/h3,8-14H,1,4-7H2,2H3,(H,24,29)(H2,25,26,27,28)/t13-,14+. The van der Waals surface area contributed by atoms with Crippen LogP contribution in [-0.4, -0.2) is 35.1 Å². The van der Waals surface area contributed by atoms with Crippen LogP contribution in [0.2, 0.25) is 0 Å². The molecule has 0 aliphatic heterocycles. The molecule has 1 fully saturated rings. The maximum Gasteiger partial charge on any atom is 0.243 e. The Morgan fingerprint density at radius 3 is 2.71 bits per heavy atom. The molecular weight excluding hydrogens is 417 g/mol. The summed E-state index contributed by atoms with van der Waals surface area (Å²) in [7, 11) is 1.43. The number of carbonyl (C=O) groups excluding carboxylic acids is 1. The summed E-state index contributed by atoms with van der Waals surface area (Å²) in [6.07, 6.45) is 4.94. The molecule has 162 valence electrons. The van der Waals surface area contributed by atoms with Crippen LogP contribution in [0.25, 0.3) is 10.2 Å². The molecule has 2 heterocycles. The zero-order chi connectivity index (χ0) is 21.8. The fourth-order valence-electron chi connectivity index (χ4n) is 3.73. The highest BCUT2D eigenvalue weighted by Crippen LogP contribution is 2.31. The topological polar surface area (TPSA) is 88.2 Å². The van der Waals surface area contributed by atoms with Crippen molar-refractivity contribution in [2.75, 3.05) is 17.7 Å². The Kier molecular flexibility index (Phi) is 6.31. The maximum atomic E-state index is 14.0. The van der Waals surface area contributed by atoms with E-state index >= 15 is 0 Å². The highest BCUT2D eigenvalue weighted by atomic mass is 32.1. The van der Waals surface area contributed by atoms with Crippen molar-refractivity contribution in [3.05, 3.63) is 48.1 Å². The molecular formula is C22H24FN5O2S. The van der Waals surface area contributed by atoms with Gasteiger partial charge in [-0.1, -0.05) is 6.58 Å². The Balaban J connectivity index is 1.48. The van der Waals surface area contributed by atoms with Crippen LogP contribution in [0.5, 0.6) is 5.75 Å². The number of amides is 1. The predicted octanol–water partition coefficient (Wildman–Crippen LogP) is 4.61. The maximum absolute atomic E-state index is 14.0. The monoisotopic (exact) mass is 441 g/mol. The van der Waals surface area contributed by atoms with Crippen molar-refractivity contribution in [1.29, 1.82) is 0 Å². The van der Waals surface area contributed by atoms with Crippen LogP contribution in [0.4, 0.5) is 21.8 Å². The lowest BCUT2D eigenvalue weighted by atomic mass is 9.91. The molecule has 1 aliphatic rings. The molecule has 0 saturated heterocycles. The van der Waals surface area contributed by atoms with Gasteiger partial charge >= 0.3 is 0 Å². The van der Waals surface area contributed by atoms with Crippen molar-refractivity contribution >= 4 is 44.9 Å². The molecule has 0 atom stereocenters. The fourth-order valence-corrected chi connectivity index (χ4v) is 4.51. The van der Waals surface area contributed by atoms with E-state index in [9.17, 15) is 9.18 Å². The molecule has 4 rings (SSSR count). The van der Waals surface area contributed by atoms with Crippen LogP contribution in [0.3, 0.4) is 0 Å². The van der Waals surface area contributed by atoms with Gasteiger partial charge in [-0.25, -0.2) is 9.37 Å². The van der Waals surface area contributed by atoms with Crippen LogP contribution in [-0.2, 0) is 4.79 Å². The second-order valence-electron chi connectivity index (χ2n) is 7.41. The number of hydrogen-bond acceptors (Lipinski definition) is 7. The molecule has 0 spiro atoms.